The van der Waals surface area contributed by atoms with Gasteiger partial charge in [0.15, 0.2) is 0 Å². The molecule has 5 nitrogen and oxygen atoms in total. The van der Waals surface area contributed by atoms with Crippen LogP contribution < -0.4 is 5.32 Å². The molecule has 6 heteroatoms. The van der Waals surface area contributed by atoms with E-state index in [0.717, 1.165) is 32.1 Å². The molecule has 0 aliphatic heterocycles. The molecule has 0 atom stereocenters. The second kappa shape index (κ2) is 5.75. The lowest BCUT2D eigenvalue weighted by Gasteiger charge is -2.32. The Bertz CT molecular complexity index is 473. The summed E-state index contributed by atoms with van der Waals surface area (Å²) >= 11 is 5.99. The van der Waals surface area contributed by atoms with Gasteiger partial charge in [0, 0.05) is 12.6 Å². The van der Waals surface area contributed by atoms with Crippen LogP contribution in [0.4, 0.5) is 11.4 Å². The first kappa shape index (κ1) is 14.1. The van der Waals surface area contributed by atoms with Crippen LogP contribution in [0.2, 0.25) is 5.02 Å². The van der Waals surface area contributed by atoms with Crippen molar-refractivity contribution in [1.82, 2.24) is 0 Å². The fourth-order valence-corrected chi connectivity index (χ4v) is 2.72. The lowest BCUT2D eigenvalue weighted by atomic mass is 9.85. The summed E-state index contributed by atoms with van der Waals surface area (Å²) in [5.41, 5.74) is -0.564. The van der Waals surface area contributed by atoms with Gasteiger partial charge in [-0.05, 0) is 18.9 Å². The van der Waals surface area contributed by atoms with Crippen molar-refractivity contribution < 1.29 is 10.0 Å². The molecule has 2 N–H and O–H groups in total. The quantitative estimate of drug-likeness (QED) is 0.657. The van der Waals surface area contributed by atoms with E-state index < -0.39 is 10.5 Å². The lowest BCUT2D eigenvalue weighted by molar-refractivity contribution is -0.384. The zero-order valence-corrected chi connectivity index (χ0v) is 11.3. The molecular weight excluding hydrogens is 268 g/mol. The number of hydrogen-bond acceptors (Lipinski definition) is 4. The molecule has 0 bridgehead atoms. The summed E-state index contributed by atoms with van der Waals surface area (Å²) in [6.07, 6.45) is 4.55. The van der Waals surface area contributed by atoms with E-state index in [1.165, 1.54) is 6.07 Å². The zero-order valence-electron chi connectivity index (χ0n) is 10.6. The number of halogens is 1. The second-order valence-corrected chi connectivity index (χ2v) is 5.44. The minimum absolute atomic E-state index is 0.0630. The molecule has 1 fully saturated rings. The third-order valence-electron chi connectivity index (χ3n) is 3.57. The number of nitro groups is 1. The molecule has 2 rings (SSSR count). The van der Waals surface area contributed by atoms with Gasteiger partial charge in [-0.25, -0.2) is 0 Å². The summed E-state index contributed by atoms with van der Waals surface area (Å²) < 4.78 is 0. The van der Waals surface area contributed by atoms with Crippen LogP contribution in [0.3, 0.4) is 0 Å². The number of nitrogens with one attached hydrogen (secondary N) is 1. The Labute approximate surface area is 116 Å². The van der Waals surface area contributed by atoms with Gasteiger partial charge >= 0.3 is 0 Å². The second-order valence-electron chi connectivity index (χ2n) is 5.03. The summed E-state index contributed by atoms with van der Waals surface area (Å²) in [6, 6.07) is 4.54. The third kappa shape index (κ3) is 3.36. The maximum atomic E-state index is 10.9. The molecule has 0 heterocycles. The number of hydrogen-bond donors (Lipinski definition) is 2. The first-order chi connectivity index (χ1) is 9.02. The molecule has 1 aliphatic rings. The molecule has 0 spiro atoms. The molecule has 0 unspecified atom stereocenters. The Kier molecular flexibility index (Phi) is 4.27. The van der Waals surface area contributed by atoms with Crippen molar-refractivity contribution in [2.24, 2.45) is 0 Å². The molecule has 1 aliphatic carbocycles. The molecule has 0 radical (unpaired) electrons. The maximum Gasteiger partial charge on any atom is 0.293 e. The van der Waals surface area contributed by atoms with Gasteiger partial charge < -0.3 is 10.4 Å². The van der Waals surface area contributed by atoms with Crippen LogP contribution >= 0.6 is 11.6 Å². The van der Waals surface area contributed by atoms with Crippen molar-refractivity contribution in [3.8, 4) is 0 Å². The molecule has 0 amide bonds. The SMILES string of the molecule is O=[N+]([O-])c1cccc(Cl)c1NCC1(O)CCCCC1. The fraction of sp³-hybridized carbons (Fsp3) is 0.538. The van der Waals surface area contributed by atoms with Crippen molar-refractivity contribution in [3.05, 3.63) is 33.3 Å². The average Bonchev–Trinajstić information content (AvgIpc) is 2.38. The van der Waals surface area contributed by atoms with Gasteiger partial charge in [-0.15, -0.1) is 0 Å². The van der Waals surface area contributed by atoms with Gasteiger partial charge in [0.1, 0.15) is 5.69 Å². The Balaban J connectivity index is 2.12. The summed E-state index contributed by atoms with van der Waals surface area (Å²) in [5, 5.41) is 24.6. The normalized spacial score (nSPS) is 18.0. The number of benzene rings is 1. The number of nitrogens with zero attached hydrogens (tertiary/aromatic N) is 1. The highest BCUT2D eigenvalue weighted by Crippen LogP contribution is 2.34. The molecular formula is C13H17ClN2O3. The van der Waals surface area contributed by atoms with Crippen molar-refractivity contribution in [2.45, 2.75) is 37.7 Å². The topological polar surface area (TPSA) is 75.4 Å². The largest absolute Gasteiger partial charge is 0.388 e. The van der Waals surface area contributed by atoms with Gasteiger partial charge in [-0.3, -0.25) is 10.1 Å². The number of aliphatic hydroxyl groups is 1. The van der Waals surface area contributed by atoms with E-state index in [-0.39, 0.29) is 17.9 Å². The minimum atomic E-state index is -0.786. The summed E-state index contributed by atoms with van der Waals surface area (Å²) in [6.45, 7) is 0.289. The van der Waals surface area contributed by atoms with Gasteiger partial charge in [0.25, 0.3) is 5.69 Å². The molecule has 19 heavy (non-hydrogen) atoms. The first-order valence-corrected chi connectivity index (χ1v) is 6.79. The van der Waals surface area contributed by atoms with E-state index in [1.54, 1.807) is 12.1 Å². The highest BCUT2D eigenvalue weighted by atomic mass is 35.5. The predicted molar refractivity (Wildman–Crippen MR) is 74.6 cm³/mol. The van der Waals surface area contributed by atoms with Crippen LogP contribution in [0.1, 0.15) is 32.1 Å². The zero-order chi connectivity index (χ0) is 13.9. The molecule has 104 valence electrons. The van der Waals surface area contributed by atoms with Crippen LogP contribution in [0.25, 0.3) is 0 Å². The molecule has 0 saturated heterocycles. The Morgan fingerprint density at radius 1 is 1.37 bits per heavy atom. The molecule has 1 aromatic rings. The standard InChI is InChI=1S/C13H17ClN2O3/c14-10-5-4-6-11(16(18)19)12(10)15-9-13(17)7-2-1-3-8-13/h4-6,15,17H,1-3,7-9H2. The number of rotatable bonds is 4. The Hall–Kier alpha value is -1.33. The van der Waals surface area contributed by atoms with Crippen molar-refractivity contribution in [2.75, 3.05) is 11.9 Å². The third-order valence-corrected chi connectivity index (χ3v) is 3.88. The smallest absolute Gasteiger partial charge is 0.293 e. The average molecular weight is 285 g/mol. The number of anilines is 1. The van der Waals surface area contributed by atoms with Gasteiger partial charge in [-0.2, -0.15) is 0 Å². The van der Waals surface area contributed by atoms with Gasteiger partial charge in [0.05, 0.1) is 15.5 Å². The molecule has 1 saturated carbocycles. The highest BCUT2D eigenvalue weighted by Gasteiger charge is 2.30. The van der Waals surface area contributed by atoms with Gasteiger partial charge in [0.2, 0.25) is 0 Å². The molecule has 1 aromatic carbocycles. The van der Waals surface area contributed by atoms with E-state index in [1.807, 2.05) is 0 Å². The summed E-state index contributed by atoms with van der Waals surface area (Å²) in [7, 11) is 0. The van der Waals surface area contributed by atoms with E-state index in [9.17, 15) is 15.2 Å². The van der Waals surface area contributed by atoms with Gasteiger partial charge in [-0.1, -0.05) is 36.9 Å². The van der Waals surface area contributed by atoms with Crippen LogP contribution in [0.15, 0.2) is 18.2 Å². The van der Waals surface area contributed by atoms with E-state index in [2.05, 4.69) is 5.32 Å². The van der Waals surface area contributed by atoms with Crippen LogP contribution in [-0.2, 0) is 0 Å². The highest BCUT2D eigenvalue weighted by molar-refractivity contribution is 6.33. The lowest BCUT2D eigenvalue weighted by Crippen LogP contribution is -2.38. The van der Waals surface area contributed by atoms with Crippen molar-refractivity contribution in [3.63, 3.8) is 0 Å². The van der Waals surface area contributed by atoms with E-state index >= 15 is 0 Å². The number of nitro benzene ring substituents is 1. The summed E-state index contributed by atoms with van der Waals surface area (Å²) in [4.78, 5) is 10.5. The summed E-state index contributed by atoms with van der Waals surface area (Å²) in [5.74, 6) is 0. The monoisotopic (exact) mass is 284 g/mol. The minimum Gasteiger partial charge on any atom is -0.388 e. The van der Waals surface area contributed by atoms with Crippen molar-refractivity contribution >= 4 is 23.0 Å². The predicted octanol–water partition coefficient (Wildman–Crippen LogP) is 3.36. The number of para-hydroxylation sites is 1. The van der Waals surface area contributed by atoms with Crippen LogP contribution in [0, 0.1) is 10.1 Å². The maximum absolute atomic E-state index is 10.9. The van der Waals surface area contributed by atoms with Crippen molar-refractivity contribution in [1.29, 1.82) is 0 Å². The first-order valence-electron chi connectivity index (χ1n) is 6.41. The Morgan fingerprint density at radius 2 is 2.05 bits per heavy atom. The van der Waals surface area contributed by atoms with E-state index in [0.29, 0.717) is 5.02 Å². The van der Waals surface area contributed by atoms with Crippen LogP contribution in [0.5, 0.6) is 0 Å². The molecule has 0 aromatic heterocycles. The van der Waals surface area contributed by atoms with Crippen LogP contribution in [-0.4, -0.2) is 22.2 Å². The Morgan fingerprint density at radius 3 is 2.68 bits per heavy atom. The fourth-order valence-electron chi connectivity index (χ4n) is 2.48. The van der Waals surface area contributed by atoms with E-state index in [4.69, 9.17) is 11.6 Å².